The Morgan fingerprint density at radius 2 is 1.06 bits per heavy atom. The maximum absolute atomic E-state index is 12.7. The number of unbranched alkanes of at least 4 members (excludes halogenated alkanes) is 7. The van der Waals surface area contributed by atoms with Crippen LogP contribution in [0.15, 0.2) is 97.2 Å². The molecular formula is C46H76O14P2. The molecule has 0 aromatic heterocycles. The van der Waals surface area contributed by atoms with Crippen molar-refractivity contribution in [1.29, 1.82) is 0 Å². The van der Waals surface area contributed by atoms with E-state index in [1.54, 1.807) is 12.2 Å². The number of hydrogen-bond acceptors (Lipinski definition) is 11. The molecule has 0 aromatic carbocycles. The Labute approximate surface area is 371 Å². The van der Waals surface area contributed by atoms with Crippen LogP contribution < -0.4 is 0 Å². The number of rotatable bonds is 40. The second-order valence-corrected chi connectivity index (χ2v) is 17.1. The molecule has 0 spiro atoms. The van der Waals surface area contributed by atoms with Crippen LogP contribution in [-0.2, 0) is 41.8 Å². The lowest BCUT2D eigenvalue weighted by molar-refractivity contribution is -0.161. The van der Waals surface area contributed by atoms with Gasteiger partial charge in [-0.25, -0.2) is 9.13 Å². The van der Waals surface area contributed by atoms with Crippen LogP contribution in [0, 0.1) is 0 Å². The van der Waals surface area contributed by atoms with E-state index in [9.17, 15) is 33.8 Å². The lowest BCUT2D eigenvalue weighted by Crippen LogP contribution is -2.30. The highest BCUT2D eigenvalue weighted by molar-refractivity contribution is 7.47. The summed E-state index contributed by atoms with van der Waals surface area (Å²) in [5, 5.41) is 20.0. The van der Waals surface area contributed by atoms with Crippen molar-refractivity contribution < 1.29 is 66.7 Å². The van der Waals surface area contributed by atoms with Gasteiger partial charge in [0.15, 0.2) is 6.10 Å². The van der Waals surface area contributed by atoms with Crippen molar-refractivity contribution in [2.45, 2.75) is 154 Å². The van der Waals surface area contributed by atoms with Crippen LogP contribution in [0.4, 0.5) is 0 Å². The first-order valence-electron chi connectivity index (χ1n) is 22.0. The Kier molecular flexibility index (Phi) is 38.8. The summed E-state index contributed by atoms with van der Waals surface area (Å²) in [5.74, 6) is -1.31. The highest BCUT2D eigenvalue weighted by Crippen LogP contribution is 2.43. The molecule has 5 N–H and O–H groups in total. The average molecular weight is 915 g/mol. The van der Waals surface area contributed by atoms with Crippen molar-refractivity contribution in [3.8, 4) is 0 Å². The predicted octanol–water partition coefficient (Wildman–Crippen LogP) is 10.3. The molecule has 354 valence electrons. The van der Waals surface area contributed by atoms with Gasteiger partial charge in [0.25, 0.3) is 0 Å². The lowest BCUT2D eigenvalue weighted by atomic mass is 10.1. The summed E-state index contributed by atoms with van der Waals surface area (Å²) >= 11 is 0. The number of allylic oxidation sites excluding steroid dienone is 15. The van der Waals surface area contributed by atoms with Crippen molar-refractivity contribution >= 4 is 27.6 Å². The first kappa shape index (κ1) is 59.0. The van der Waals surface area contributed by atoms with Gasteiger partial charge >= 0.3 is 27.6 Å². The molecule has 0 aromatic rings. The fourth-order valence-corrected chi connectivity index (χ4v) is 6.37. The zero-order valence-electron chi connectivity index (χ0n) is 37.0. The molecule has 4 atom stereocenters. The van der Waals surface area contributed by atoms with E-state index in [1.807, 2.05) is 24.3 Å². The van der Waals surface area contributed by atoms with Crippen LogP contribution in [0.25, 0.3) is 0 Å². The van der Waals surface area contributed by atoms with Crippen LogP contribution in [-0.4, -0.2) is 81.6 Å². The quantitative estimate of drug-likeness (QED) is 0.0127. The van der Waals surface area contributed by atoms with Gasteiger partial charge in [-0.2, -0.15) is 0 Å². The third kappa shape index (κ3) is 43.6. The zero-order chi connectivity index (χ0) is 46.0. The number of esters is 2. The van der Waals surface area contributed by atoms with Crippen molar-refractivity contribution in [2.24, 2.45) is 0 Å². The molecule has 0 rings (SSSR count). The predicted molar refractivity (Wildman–Crippen MR) is 245 cm³/mol. The summed E-state index contributed by atoms with van der Waals surface area (Å²) in [5.41, 5.74) is 0. The van der Waals surface area contributed by atoms with Crippen molar-refractivity contribution in [2.75, 3.05) is 26.4 Å². The van der Waals surface area contributed by atoms with E-state index in [1.165, 1.54) is 38.5 Å². The highest BCUT2D eigenvalue weighted by Gasteiger charge is 2.28. The number of carbonyl (C=O) groups excluding carboxylic acids is 2. The molecular weight excluding hydrogens is 838 g/mol. The fourth-order valence-electron chi connectivity index (χ4n) is 5.21. The maximum Gasteiger partial charge on any atom is 0.472 e. The number of phosphoric ester groups is 2. The van der Waals surface area contributed by atoms with Crippen LogP contribution >= 0.6 is 15.6 Å². The minimum absolute atomic E-state index is 0.0770. The summed E-state index contributed by atoms with van der Waals surface area (Å²) in [6.45, 7) is 1.34. The van der Waals surface area contributed by atoms with E-state index in [-0.39, 0.29) is 25.7 Å². The number of aliphatic hydroxyl groups excluding tert-OH is 2. The summed E-state index contributed by atoms with van der Waals surface area (Å²) in [7, 11) is -9.77. The third-order valence-electron chi connectivity index (χ3n) is 8.55. The highest BCUT2D eigenvalue weighted by atomic mass is 31.2. The van der Waals surface area contributed by atoms with E-state index in [2.05, 4.69) is 83.7 Å². The van der Waals surface area contributed by atoms with Gasteiger partial charge in [0.2, 0.25) is 0 Å². The molecule has 62 heavy (non-hydrogen) atoms. The van der Waals surface area contributed by atoms with Crippen LogP contribution in [0.2, 0.25) is 0 Å². The topological polar surface area (TPSA) is 216 Å². The number of ether oxygens (including phenoxy) is 2. The minimum atomic E-state index is -4.89. The normalized spacial score (nSPS) is 15.4. The van der Waals surface area contributed by atoms with Gasteiger partial charge < -0.3 is 34.4 Å². The molecule has 16 heteroatoms. The largest absolute Gasteiger partial charge is 0.472 e. The first-order valence-corrected chi connectivity index (χ1v) is 25.1. The van der Waals surface area contributed by atoms with Crippen LogP contribution in [0.3, 0.4) is 0 Å². The molecule has 0 fully saturated rings. The molecule has 0 bridgehead atoms. The van der Waals surface area contributed by atoms with E-state index in [0.29, 0.717) is 12.8 Å². The maximum atomic E-state index is 12.7. The number of aliphatic hydroxyl groups is 2. The second kappa shape index (κ2) is 40.8. The van der Waals surface area contributed by atoms with E-state index >= 15 is 0 Å². The van der Waals surface area contributed by atoms with Gasteiger partial charge in [-0.3, -0.25) is 23.2 Å². The molecule has 14 nitrogen and oxygen atoms in total. The Balaban J connectivity index is 4.81. The Bertz CT molecular complexity index is 1480. The van der Waals surface area contributed by atoms with E-state index in [4.69, 9.17) is 23.8 Å². The smallest absolute Gasteiger partial charge is 0.462 e. The molecule has 0 radical (unpaired) electrons. The van der Waals surface area contributed by atoms with Gasteiger partial charge in [0.1, 0.15) is 12.7 Å². The van der Waals surface area contributed by atoms with E-state index in [0.717, 1.165) is 44.9 Å². The SMILES string of the molecule is CC/C=C\C/C=C\C/C=C\C/C=C\C=C\C(O)CCCC(=O)O[C@H](COC(=O)CCC/C=C\C/C=C\C/C=C\CCCCCCCC)COP(=O)(O)OC[C@@H](O)COP(=O)(O)O. The van der Waals surface area contributed by atoms with Crippen molar-refractivity contribution in [1.82, 2.24) is 0 Å². The summed E-state index contributed by atoms with van der Waals surface area (Å²) in [4.78, 5) is 52.7. The number of phosphoric acid groups is 2. The molecule has 0 saturated carbocycles. The van der Waals surface area contributed by atoms with Gasteiger partial charge in [-0.1, -0.05) is 143 Å². The van der Waals surface area contributed by atoms with Gasteiger partial charge in [0, 0.05) is 12.8 Å². The first-order chi connectivity index (χ1) is 29.8. The summed E-state index contributed by atoms with van der Waals surface area (Å²) in [6, 6.07) is 0. The molecule has 0 amide bonds. The summed E-state index contributed by atoms with van der Waals surface area (Å²) in [6.07, 6.45) is 44.4. The van der Waals surface area contributed by atoms with E-state index < -0.39 is 72.3 Å². The number of carbonyl (C=O) groups is 2. The lowest BCUT2D eigenvalue weighted by Gasteiger charge is -2.20. The molecule has 0 saturated heterocycles. The van der Waals surface area contributed by atoms with Crippen LogP contribution in [0.1, 0.15) is 136 Å². The molecule has 0 aliphatic rings. The average Bonchev–Trinajstić information content (AvgIpc) is 3.22. The molecule has 2 unspecified atom stereocenters. The second-order valence-electron chi connectivity index (χ2n) is 14.4. The van der Waals surface area contributed by atoms with Crippen molar-refractivity contribution in [3.63, 3.8) is 0 Å². The fraction of sp³-hybridized carbons (Fsp3) is 0.609. The molecule has 0 aliphatic heterocycles. The summed E-state index contributed by atoms with van der Waals surface area (Å²) < 4.78 is 47.6. The Morgan fingerprint density at radius 1 is 0.548 bits per heavy atom. The third-order valence-corrected chi connectivity index (χ3v) is 9.99. The van der Waals surface area contributed by atoms with Crippen molar-refractivity contribution in [3.05, 3.63) is 97.2 Å². The Hall–Kier alpha value is -3.00. The monoisotopic (exact) mass is 914 g/mol. The molecule has 0 aliphatic carbocycles. The van der Waals surface area contributed by atoms with Crippen LogP contribution in [0.5, 0.6) is 0 Å². The zero-order valence-corrected chi connectivity index (χ0v) is 38.8. The standard InChI is InChI=1S/C46H76O14P2/c1-3-5-7-9-11-13-15-17-18-19-20-22-24-26-28-30-32-36-45(49)56-40-44(41-59-62(54,55)58-39-43(48)38-57-61(51,52)53)60-46(50)37-33-35-42(47)34-31-29-27-25-23-21-16-14-12-10-8-6-4-2/h6,8,12,14,17-18,20-23,26-29,31,34,42-44,47-48H,3-5,7,9-11,13,15-16,19,24-25,30,32-33,35-41H2,1-2H3,(H,54,55)(H2,51,52,53)/b8-6-,14-12-,18-17-,22-20-,23-21-,28-26-,29-27-,34-31+/t42?,43-,44+/m0/s1. The molecule has 0 heterocycles. The van der Waals surface area contributed by atoms with Gasteiger partial charge in [-0.05, 0) is 77.0 Å². The van der Waals surface area contributed by atoms with Gasteiger partial charge in [0.05, 0.1) is 25.9 Å². The van der Waals surface area contributed by atoms with Gasteiger partial charge in [-0.15, -0.1) is 0 Å². The minimum Gasteiger partial charge on any atom is -0.462 e. The number of hydrogen-bond donors (Lipinski definition) is 5. The Morgan fingerprint density at radius 3 is 1.68 bits per heavy atom.